The lowest BCUT2D eigenvalue weighted by atomic mass is 9.96. The summed E-state index contributed by atoms with van der Waals surface area (Å²) in [5.74, 6) is -0.263. The van der Waals surface area contributed by atoms with Gasteiger partial charge in [-0.2, -0.15) is 13.2 Å². The van der Waals surface area contributed by atoms with Gasteiger partial charge < -0.3 is 0 Å². The maximum atomic E-state index is 15.1. The highest BCUT2D eigenvalue weighted by atomic mass is 19.4. The van der Waals surface area contributed by atoms with Gasteiger partial charge in [0.05, 0.1) is 5.56 Å². The number of hydrogen-bond acceptors (Lipinski definition) is 0. The second-order valence-electron chi connectivity index (χ2n) is 8.47. The minimum Gasteiger partial charge on any atom is -0.206 e. The largest absolute Gasteiger partial charge is 0.416 e. The highest BCUT2D eigenvalue weighted by molar-refractivity contribution is 5.88. The van der Waals surface area contributed by atoms with Crippen molar-refractivity contribution in [2.75, 3.05) is 0 Å². The summed E-state index contributed by atoms with van der Waals surface area (Å²) in [5, 5.41) is 1.39. The minimum atomic E-state index is -4.35. The van der Waals surface area contributed by atoms with Gasteiger partial charge in [-0.25, -0.2) is 4.39 Å². The number of aryl methyl sites for hydroxylation is 3. The molecule has 33 heavy (non-hydrogen) atoms. The topological polar surface area (TPSA) is 0 Å². The molecule has 4 aromatic carbocycles. The Labute approximate surface area is 191 Å². The Hall–Kier alpha value is -3.14. The zero-order valence-electron chi connectivity index (χ0n) is 18.6. The van der Waals surface area contributed by atoms with E-state index in [1.165, 1.54) is 30.5 Å². The van der Waals surface area contributed by atoms with Crippen molar-refractivity contribution in [3.05, 3.63) is 107 Å². The first-order valence-electron chi connectivity index (χ1n) is 11.3. The van der Waals surface area contributed by atoms with Crippen molar-refractivity contribution < 1.29 is 17.6 Å². The summed E-state index contributed by atoms with van der Waals surface area (Å²) >= 11 is 0. The number of halogens is 4. The third-order valence-electron chi connectivity index (χ3n) is 6.10. The number of rotatable bonds is 7. The maximum absolute atomic E-state index is 15.1. The van der Waals surface area contributed by atoms with Gasteiger partial charge in [-0.05, 0) is 77.1 Å². The molecule has 0 spiro atoms. The van der Waals surface area contributed by atoms with E-state index in [4.69, 9.17) is 0 Å². The van der Waals surface area contributed by atoms with Crippen molar-refractivity contribution in [3.8, 4) is 11.1 Å². The predicted octanol–water partition coefficient (Wildman–Crippen LogP) is 8.79. The zero-order chi connectivity index (χ0) is 23.4. The summed E-state index contributed by atoms with van der Waals surface area (Å²) in [6.45, 7) is 2.18. The van der Waals surface area contributed by atoms with E-state index in [-0.39, 0.29) is 5.82 Å². The van der Waals surface area contributed by atoms with Crippen LogP contribution < -0.4 is 0 Å². The van der Waals surface area contributed by atoms with E-state index < -0.39 is 11.7 Å². The third-order valence-corrected chi connectivity index (χ3v) is 6.10. The second-order valence-corrected chi connectivity index (χ2v) is 8.47. The summed E-state index contributed by atoms with van der Waals surface area (Å²) in [6, 6.07) is 23.0. The summed E-state index contributed by atoms with van der Waals surface area (Å²) in [7, 11) is 0. The molecule has 0 N–H and O–H groups in total. The molecule has 0 nitrogen and oxygen atoms in total. The lowest BCUT2D eigenvalue weighted by Gasteiger charge is -2.10. The van der Waals surface area contributed by atoms with Crippen LogP contribution in [0.3, 0.4) is 0 Å². The van der Waals surface area contributed by atoms with Gasteiger partial charge in [0, 0.05) is 5.39 Å². The van der Waals surface area contributed by atoms with Crippen molar-refractivity contribution in [1.82, 2.24) is 0 Å². The van der Waals surface area contributed by atoms with Gasteiger partial charge in [0.25, 0.3) is 0 Å². The Morgan fingerprint density at radius 1 is 0.667 bits per heavy atom. The normalized spacial score (nSPS) is 11.8. The number of benzene rings is 4. The first kappa shape index (κ1) is 23.0. The van der Waals surface area contributed by atoms with Crippen LogP contribution in [0.5, 0.6) is 0 Å². The van der Waals surface area contributed by atoms with Gasteiger partial charge in [-0.15, -0.1) is 0 Å². The lowest BCUT2D eigenvalue weighted by Crippen LogP contribution is -2.04. The molecule has 0 fully saturated rings. The van der Waals surface area contributed by atoms with Crippen molar-refractivity contribution >= 4 is 10.8 Å². The van der Waals surface area contributed by atoms with Gasteiger partial charge in [-0.3, -0.25) is 0 Å². The summed E-state index contributed by atoms with van der Waals surface area (Å²) < 4.78 is 53.3. The third kappa shape index (κ3) is 5.44. The Kier molecular flexibility index (Phi) is 6.83. The van der Waals surface area contributed by atoms with Crippen LogP contribution in [0.15, 0.2) is 78.9 Å². The molecule has 4 heteroatoms. The van der Waals surface area contributed by atoms with Crippen LogP contribution in [0.4, 0.5) is 17.6 Å². The minimum absolute atomic E-state index is 0.263. The lowest BCUT2D eigenvalue weighted by molar-refractivity contribution is -0.137. The van der Waals surface area contributed by atoms with E-state index in [1.54, 1.807) is 6.07 Å². The quantitative estimate of drug-likeness (QED) is 0.247. The average molecular weight is 451 g/mol. The van der Waals surface area contributed by atoms with Gasteiger partial charge >= 0.3 is 6.18 Å². The molecule has 0 aliphatic rings. The van der Waals surface area contributed by atoms with E-state index in [1.807, 2.05) is 24.3 Å². The summed E-state index contributed by atoms with van der Waals surface area (Å²) in [4.78, 5) is 0. The molecule has 0 bridgehead atoms. The fourth-order valence-corrected chi connectivity index (χ4v) is 4.09. The van der Waals surface area contributed by atoms with Crippen molar-refractivity contribution in [1.29, 1.82) is 0 Å². The molecular weight excluding hydrogens is 424 g/mol. The van der Waals surface area contributed by atoms with Crippen LogP contribution in [-0.2, 0) is 25.4 Å². The zero-order valence-corrected chi connectivity index (χ0v) is 18.6. The Balaban J connectivity index is 1.50. The van der Waals surface area contributed by atoms with Crippen LogP contribution in [0.25, 0.3) is 21.9 Å². The van der Waals surface area contributed by atoms with Crippen LogP contribution in [0.2, 0.25) is 0 Å². The average Bonchev–Trinajstić information content (AvgIpc) is 2.82. The first-order chi connectivity index (χ1) is 15.8. The van der Waals surface area contributed by atoms with Gasteiger partial charge in [0.15, 0.2) is 0 Å². The van der Waals surface area contributed by atoms with Crippen molar-refractivity contribution in [2.45, 2.75) is 45.2 Å². The molecule has 0 heterocycles. The van der Waals surface area contributed by atoms with Gasteiger partial charge in [0.2, 0.25) is 0 Å². The monoisotopic (exact) mass is 450 g/mol. The molecule has 0 aliphatic carbocycles. The maximum Gasteiger partial charge on any atom is 0.416 e. The first-order valence-corrected chi connectivity index (χ1v) is 11.3. The van der Waals surface area contributed by atoms with Crippen LogP contribution in [0, 0.1) is 5.82 Å². The predicted molar refractivity (Wildman–Crippen MR) is 127 cm³/mol. The number of fused-ring (bicyclic) bond motifs is 1. The smallest absolute Gasteiger partial charge is 0.206 e. The Bertz CT molecular complexity index is 1220. The summed E-state index contributed by atoms with van der Waals surface area (Å²) in [5.41, 5.74) is 4.11. The van der Waals surface area contributed by atoms with E-state index in [0.29, 0.717) is 23.8 Å². The fourth-order valence-electron chi connectivity index (χ4n) is 4.09. The molecular formula is C29H26F4. The molecule has 4 rings (SSSR count). The number of unbranched alkanes of at least 4 members (excludes halogenated alkanes) is 1. The molecule has 170 valence electrons. The standard InChI is InChI=1S/C29H26F4/c1-2-3-4-20-5-10-22(11-6-20)24-15-18-27-25(19-24)14-13-23(28(27)30)12-7-21-8-16-26(17-9-21)29(31,32)33/h5-6,8-11,13-19H,2-4,7,12H2,1H3. The van der Waals surface area contributed by atoms with Crippen molar-refractivity contribution in [3.63, 3.8) is 0 Å². The van der Waals surface area contributed by atoms with Gasteiger partial charge in [-0.1, -0.05) is 74.0 Å². The van der Waals surface area contributed by atoms with E-state index in [2.05, 4.69) is 31.2 Å². The molecule has 0 atom stereocenters. The van der Waals surface area contributed by atoms with Crippen molar-refractivity contribution in [2.24, 2.45) is 0 Å². The molecule has 0 saturated heterocycles. The molecule has 0 amide bonds. The molecule has 0 aromatic heterocycles. The number of hydrogen-bond donors (Lipinski definition) is 0. The van der Waals surface area contributed by atoms with E-state index in [0.717, 1.165) is 40.6 Å². The van der Waals surface area contributed by atoms with Gasteiger partial charge in [0.1, 0.15) is 5.82 Å². The molecule has 4 aromatic rings. The molecule has 0 aliphatic heterocycles. The second kappa shape index (κ2) is 9.78. The summed E-state index contributed by atoms with van der Waals surface area (Å²) in [6.07, 6.45) is -0.0227. The molecule has 0 saturated carbocycles. The number of alkyl halides is 3. The molecule has 0 radical (unpaired) electrons. The van der Waals surface area contributed by atoms with Crippen LogP contribution >= 0.6 is 0 Å². The fraction of sp³-hybridized carbons (Fsp3) is 0.241. The van der Waals surface area contributed by atoms with Crippen LogP contribution in [-0.4, -0.2) is 0 Å². The highest BCUT2D eigenvalue weighted by Gasteiger charge is 2.29. The SMILES string of the molecule is CCCCc1ccc(-c2ccc3c(F)c(CCc4ccc(C(F)(F)F)cc4)ccc3c2)cc1. The Morgan fingerprint density at radius 2 is 1.30 bits per heavy atom. The Morgan fingerprint density at radius 3 is 1.97 bits per heavy atom. The molecule has 0 unspecified atom stereocenters. The van der Waals surface area contributed by atoms with E-state index >= 15 is 4.39 Å². The van der Waals surface area contributed by atoms with Crippen LogP contribution in [0.1, 0.15) is 42.0 Å². The van der Waals surface area contributed by atoms with E-state index in [9.17, 15) is 13.2 Å². The highest BCUT2D eigenvalue weighted by Crippen LogP contribution is 2.30.